The van der Waals surface area contributed by atoms with Crippen molar-refractivity contribution in [2.24, 2.45) is 0 Å². The number of halogens is 2. The molecule has 0 aliphatic carbocycles. The van der Waals surface area contributed by atoms with Crippen molar-refractivity contribution in [2.45, 2.75) is 0 Å². The molecule has 0 aliphatic heterocycles. The second kappa shape index (κ2) is 5.04. The molecule has 2 rings (SSSR count). The van der Waals surface area contributed by atoms with Gasteiger partial charge in [0.1, 0.15) is 5.82 Å². The third-order valence-corrected chi connectivity index (χ3v) is 3.20. The molecule has 0 unspecified atom stereocenters. The normalized spacial score (nSPS) is 10.4. The average Bonchev–Trinajstić information content (AvgIpc) is 2.34. The van der Waals surface area contributed by atoms with Crippen LogP contribution in [0.5, 0.6) is 0 Å². The summed E-state index contributed by atoms with van der Waals surface area (Å²) in [6.07, 6.45) is 0. The number of rotatable bonds is 2. The van der Waals surface area contributed by atoms with E-state index in [1.54, 1.807) is 6.07 Å². The Morgan fingerprint density at radius 2 is 1.67 bits per heavy atom. The Balaban J connectivity index is 2.46. The molecule has 1 aromatic heterocycles. The van der Waals surface area contributed by atoms with Crippen molar-refractivity contribution in [3.8, 4) is 11.3 Å². The van der Waals surface area contributed by atoms with Crippen LogP contribution < -0.4 is 10.6 Å². The molecular weight excluding hydrogens is 269 g/mol. The summed E-state index contributed by atoms with van der Waals surface area (Å²) in [4.78, 5) is 6.24. The van der Waals surface area contributed by atoms with Gasteiger partial charge in [0.2, 0.25) is 0 Å². The average molecular weight is 282 g/mol. The maximum absolute atomic E-state index is 6.13. The van der Waals surface area contributed by atoms with Crippen molar-refractivity contribution < 1.29 is 0 Å². The Morgan fingerprint density at radius 3 is 2.22 bits per heavy atom. The van der Waals surface area contributed by atoms with Gasteiger partial charge in [-0.3, -0.25) is 0 Å². The monoisotopic (exact) mass is 281 g/mol. The predicted molar refractivity (Wildman–Crippen MR) is 78.4 cm³/mol. The molecule has 0 saturated carbocycles. The van der Waals surface area contributed by atoms with Gasteiger partial charge in [0.25, 0.3) is 0 Å². The summed E-state index contributed by atoms with van der Waals surface area (Å²) >= 11 is 12.0. The third-order valence-electron chi connectivity index (χ3n) is 2.61. The van der Waals surface area contributed by atoms with E-state index in [0.29, 0.717) is 15.7 Å². The molecule has 94 valence electrons. The lowest BCUT2D eigenvalue weighted by molar-refractivity contribution is 1.13. The summed E-state index contributed by atoms with van der Waals surface area (Å²) in [6, 6.07) is 9.52. The number of benzene rings is 1. The van der Waals surface area contributed by atoms with Gasteiger partial charge in [0.05, 0.1) is 15.7 Å². The topological polar surface area (TPSA) is 42.2 Å². The molecule has 2 aromatic rings. The van der Waals surface area contributed by atoms with Crippen LogP contribution in [0.25, 0.3) is 11.3 Å². The summed E-state index contributed by atoms with van der Waals surface area (Å²) in [5.74, 6) is 0.285. The van der Waals surface area contributed by atoms with Crippen molar-refractivity contribution >= 4 is 34.7 Å². The quantitative estimate of drug-likeness (QED) is 0.913. The molecule has 0 radical (unpaired) electrons. The second-order valence-corrected chi connectivity index (χ2v) is 4.94. The third kappa shape index (κ3) is 2.52. The highest BCUT2D eigenvalue weighted by Gasteiger charge is 2.09. The number of anilines is 2. The van der Waals surface area contributed by atoms with E-state index in [2.05, 4.69) is 4.98 Å². The highest BCUT2D eigenvalue weighted by molar-refractivity contribution is 6.37. The molecule has 0 fully saturated rings. The maximum Gasteiger partial charge on any atom is 0.143 e. The van der Waals surface area contributed by atoms with Gasteiger partial charge >= 0.3 is 0 Å². The Labute approximate surface area is 116 Å². The molecular formula is C13H13Cl2N3. The van der Waals surface area contributed by atoms with E-state index in [1.165, 1.54) is 0 Å². The number of hydrogen-bond acceptors (Lipinski definition) is 3. The number of aromatic nitrogens is 1. The fourth-order valence-corrected chi connectivity index (χ4v) is 2.07. The minimum absolute atomic E-state index is 0.285. The van der Waals surface area contributed by atoms with Crippen LogP contribution in [0.15, 0.2) is 30.3 Å². The second-order valence-electron chi connectivity index (χ2n) is 4.13. The molecule has 0 aliphatic rings. The van der Waals surface area contributed by atoms with Crippen LogP contribution in [-0.4, -0.2) is 19.1 Å². The van der Waals surface area contributed by atoms with E-state index in [-0.39, 0.29) is 5.82 Å². The minimum atomic E-state index is 0.285. The fraction of sp³-hybridized carbons (Fsp3) is 0.154. The predicted octanol–water partition coefficient (Wildman–Crippen LogP) is 3.70. The first-order valence-electron chi connectivity index (χ1n) is 5.38. The van der Waals surface area contributed by atoms with E-state index in [1.807, 2.05) is 43.3 Å². The Kier molecular flexibility index (Phi) is 3.64. The minimum Gasteiger partial charge on any atom is -0.382 e. The van der Waals surface area contributed by atoms with E-state index < -0.39 is 0 Å². The Hall–Kier alpha value is -1.45. The molecule has 18 heavy (non-hydrogen) atoms. The van der Waals surface area contributed by atoms with Crippen LogP contribution >= 0.6 is 23.2 Å². The first-order chi connectivity index (χ1) is 8.49. The van der Waals surface area contributed by atoms with E-state index >= 15 is 0 Å². The fourth-order valence-electron chi connectivity index (χ4n) is 1.60. The van der Waals surface area contributed by atoms with E-state index in [0.717, 1.165) is 11.3 Å². The molecule has 0 atom stereocenters. The van der Waals surface area contributed by atoms with Crippen LogP contribution in [0.2, 0.25) is 10.0 Å². The lowest BCUT2D eigenvalue weighted by Crippen LogP contribution is -2.08. The van der Waals surface area contributed by atoms with Crippen molar-refractivity contribution in [3.63, 3.8) is 0 Å². The molecule has 1 heterocycles. The molecule has 0 amide bonds. The maximum atomic E-state index is 6.13. The van der Waals surface area contributed by atoms with Gasteiger partial charge in [-0.15, -0.1) is 0 Å². The standard InChI is InChI=1S/C13H13Cl2N3/c1-18(2)9-5-3-8(4-6-9)12-10(14)7-11(15)13(16)17-12/h3-7H,1-2H3,(H2,16,17). The van der Waals surface area contributed by atoms with Crippen LogP contribution in [0.3, 0.4) is 0 Å². The van der Waals surface area contributed by atoms with E-state index in [4.69, 9.17) is 28.9 Å². The first kappa shape index (κ1) is 13.0. The Morgan fingerprint density at radius 1 is 1.06 bits per heavy atom. The summed E-state index contributed by atoms with van der Waals surface area (Å²) in [7, 11) is 3.97. The molecule has 2 N–H and O–H groups in total. The summed E-state index contributed by atoms with van der Waals surface area (Å²) < 4.78 is 0. The molecule has 1 aromatic carbocycles. The van der Waals surface area contributed by atoms with Crippen LogP contribution in [0, 0.1) is 0 Å². The molecule has 5 heteroatoms. The van der Waals surface area contributed by atoms with E-state index in [9.17, 15) is 0 Å². The molecule has 0 bridgehead atoms. The summed E-state index contributed by atoms with van der Waals surface area (Å²) in [5, 5.41) is 0.862. The van der Waals surface area contributed by atoms with Gasteiger partial charge in [-0.05, 0) is 18.2 Å². The molecule has 0 spiro atoms. The van der Waals surface area contributed by atoms with Gasteiger partial charge in [-0.1, -0.05) is 35.3 Å². The number of nitrogens with two attached hydrogens (primary N) is 1. The van der Waals surface area contributed by atoms with Crippen LogP contribution in [-0.2, 0) is 0 Å². The smallest absolute Gasteiger partial charge is 0.143 e. The lowest BCUT2D eigenvalue weighted by atomic mass is 10.1. The van der Waals surface area contributed by atoms with Crippen molar-refractivity contribution in [2.75, 3.05) is 24.7 Å². The molecule has 0 saturated heterocycles. The highest BCUT2D eigenvalue weighted by Crippen LogP contribution is 2.31. The summed E-state index contributed by atoms with van der Waals surface area (Å²) in [5.41, 5.74) is 8.36. The van der Waals surface area contributed by atoms with Crippen LogP contribution in [0.1, 0.15) is 0 Å². The zero-order chi connectivity index (χ0) is 13.3. The number of pyridine rings is 1. The van der Waals surface area contributed by atoms with Crippen LogP contribution in [0.4, 0.5) is 11.5 Å². The van der Waals surface area contributed by atoms with Gasteiger partial charge in [0, 0.05) is 25.3 Å². The van der Waals surface area contributed by atoms with Gasteiger partial charge in [0.15, 0.2) is 0 Å². The highest BCUT2D eigenvalue weighted by atomic mass is 35.5. The largest absolute Gasteiger partial charge is 0.382 e. The van der Waals surface area contributed by atoms with Gasteiger partial charge in [-0.25, -0.2) is 4.98 Å². The number of nitrogen functional groups attached to an aromatic ring is 1. The lowest BCUT2D eigenvalue weighted by Gasteiger charge is -2.13. The zero-order valence-electron chi connectivity index (χ0n) is 10.1. The van der Waals surface area contributed by atoms with Crippen molar-refractivity contribution in [1.82, 2.24) is 4.98 Å². The zero-order valence-corrected chi connectivity index (χ0v) is 11.6. The first-order valence-corrected chi connectivity index (χ1v) is 6.14. The number of hydrogen-bond donors (Lipinski definition) is 1. The van der Waals surface area contributed by atoms with Crippen molar-refractivity contribution in [3.05, 3.63) is 40.4 Å². The SMILES string of the molecule is CN(C)c1ccc(-c2nc(N)c(Cl)cc2Cl)cc1. The number of nitrogens with zero attached hydrogens (tertiary/aromatic N) is 2. The summed E-state index contributed by atoms with van der Waals surface area (Å²) in [6.45, 7) is 0. The van der Waals surface area contributed by atoms with Gasteiger partial charge in [-0.2, -0.15) is 0 Å². The van der Waals surface area contributed by atoms with Crippen molar-refractivity contribution in [1.29, 1.82) is 0 Å². The van der Waals surface area contributed by atoms with Gasteiger partial charge < -0.3 is 10.6 Å². The Bertz CT molecular complexity index is 565. The molecule has 3 nitrogen and oxygen atoms in total.